The zero-order valence-corrected chi connectivity index (χ0v) is 15.4. The summed E-state index contributed by atoms with van der Waals surface area (Å²) >= 11 is 0. The quantitative estimate of drug-likeness (QED) is 0.763. The van der Waals surface area contributed by atoms with Crippen LogP contribution in [0.4, 0.5) is 4.39 Å². The minimum Gasteiger partial charge on any atom is -0.390 e. The van der Waals surface area contributed by atoms with Crippen LogP contribution in [0.25, 0.3) is 0 Å². The third kappa shape index (κ3) is 3.86. The van der Waals surface area contributed by atoms with Gasteiger partial charge in [-0.25, -0.2) is 4.39 Å². The highest BCUT2D eigenvalue weighted by Gasteiger charge is 2.52. The van der Waals surface area contributed by atoms with Crippen LogP contribution in [0, 0.1) is 5.82 Å². The highest BCUT2D eigenvalue weighted by Crippen LogP contribution is 2.32. The van der Waals surface area contributed by atoms with Crippen LogP contribution in [0.3, 0.4) is 0 Å². The van der Waals surface area contributed by atoms with Gasteiger partial charge in [-0.2, -0.15) is 0 Å². The van der Waals surface area contributed by atoms with Crippen LogP contribution in [0.15, 0.2) is 24.3 Å². The molecule has 0 aliphatic carbocycles. The SMILES string of the molecule is CC(=O)N1CCN([C@H]2[C@@H]3OC[C@@H](O3)[C@@H](NCc3ccc(F)cc3)[C@@H]2O)CC1. The number of aliphatic hydroxyl groups is 1. The van der Waals surface area contributed by atoms with E-state index in [1.165, 1.54) is 12.1 Å². The lowest BCUT2D eigenvalue weighted by molar-refractivity contribution is -0.186. The molecule has 4 rings (SSSR count). The molecule has 2 N–H and O–H groups in total. The summed E-state index contributed by atoms with van der Waals surface area (Å²) in [6, 6.07) is 5.76. The van der Waals surface area contributed by atoms with Gasteiger partial charge in [-0.15, -0.1) is 0 Å². The molecule has 3 saturated heterocycles. The van der Waals surface area contributed by atoms with Crippen molar-refractivity contribution in [2.45, 2.75) is 44.1 Å². The largest absolute Gasteiger partial charge is 0.390 e. The van der Waals surface area contributed by atoms with E-state index in [2.05, 4.69) is 10.2 Å². The molecule has 1 amide bonds. The van der Waals surface area contributed by atoms with Crippen molar-refractivity contribution in [2.75, 3.05) is 32.8 Å². The molecule has 1 aromatic carbocycles. The van der Waals surface area contributed by atoms with E-state index in [0.29, 0.717) is 39.3 Å². The Kier molecular flexibility index (Phi) is 5.43. The smallest absolute Gasteiger partial charge is 0.219 e. The molecule has 2 bridgehead atoms. The van der Waals surface area contributed by atoms with Gasteiger partial charge in [-0.1, -0.05) is 12.1 Å². The number of benzene rings is 1. The number of carbonyl (C=O) groups is 1. The van der Waals surface area contributed by atoms with Gasteiger partial charge >= 0.3 is 0 Å². The molecular formula is C19H26FN3O4. The van der Waals surface area contributed by atoms with E-state index in [0.717, 1.165) is 5.56 Å². The summed E-state index contributed by atoms with van der Waals surface area (Å²) in [4.78, 5) is 15.5. The third-order valence-electron chi connectivity index (χ3n) is 5.77. The van der Waals surface area contributed by atoms with Gasteiger partial charge in [0.25, 0.3) is 0 Å². The second-order valence-corrected chi connectivity index (χ2v) is 7.43. The molecule has 27 heavy (non-hydrogen) atoms. The first-order valence-electron chi connectivity index (χ1n) is 9.45. The standard InChI is InChI=1S/C19H26FN3O4/c1-12(24)22-6-8-23(9-7-22)17-18(25)16(15-11-26-19(17)27-15)21-10-13-2-4-14(20)5-3-13/h2-5,15-19,21,25H,6-11H2,1H3/t15-,16-,17-,18+,19-/m1/s1. The number of nitrogens with zero attached hydrogens (tertiary/aromatic N) is 2. The molecule has 0 spiro atoms. The summed E-state index contributed by atoms with van der Waals surface area (Å²) in [5.41, 5.74) is 0.941. The first-order valence-corrected chi connectivity index (χ1v) is 9.45. The number of halogens is 1. The number of hydrogen-bond acceptors (Lipinski definition) is 6. The van der Waals surface area contributed by atoms with E-state index in [9.17, 15) is 14.3 Å². The molecule has 5 atom stereocenters. The molecule has 0 saturated carbocycles. The summed E-state index contributed by atoms with van der Waals surface area (Å²) < 4.78 is 24.9. The Morgan fingerprint density at radius 3 is 2.63 bits per heavy atom. The van der Waals surface area contributed by atoms with Gasteiger partial charge in [-0.3, -0.25) is 9.69 Å². The maximum atomic E-state index is 13.1. The maximum Gasteiger partial charge on any atom is 0.219 e. The van der Waals surface area contributed by atoms with Gasteiger partial charge < -0.3 is 24.8 Å². The van der Waals surface area contributed by atoms with Crippen molar-refractivity contribution in [3.05, 3.63) is 35.6 Å². The molecule has 3 fully saturated rings. The van der Waals surface area contributed by atoms with E-state index in [1.807, 2.05) is 4.90 Å². The monoisotopic (exact) mass is 379 g/mol. The van der Waals surface area contributed by atoms with Crippen LogP contribution >= 0.6 is 0 Å². The zero-order valence-electron chi connectivity index (χ0n) is 15.4. The normalized spacial score (nSPS) is 34.0. The summed E-state index contributed by atoms with van der Waals surface area (Å²) in [6.07, 6.45) is -1.31. The maximum absolute atomic E-state index is 13.1. The van der Waals surface area contributed by atoms with Gasteiger partial charge in [0, 0.05) is 39.6 Å². The van der Waals surface area contributed by atoms with Crippen molar-refractivity contribution < 1.29 is 23.8 Å². The van der Waals surface area contributed by atoms with Gasteiger partial charge in [0.2, 0.25) is 5.91 Å². The number of piperazine rings is 1. The molecule has 0 unspecified atom stereocenters. The van der Waals surface area contributed by atoms with Crippen LogP contribution < -0.4 is 5.32 Å². The average molecular weight is 379 g/mol. The van der Waals surface area contributed by atoms with Crippen LogP contribution in [-0.2, 0) is 20.8 Å². The molecule has 0 radical (unpaired) electrons. The van der Waals surface area contributed by atoms with Crippen LogP contribution in [0.1, 0.15) is 12.5 Å². The average Bonchev–Trinajstić information content (AvgIpc) is 3.08. The summed E-state index contributed by atoms with van der Waals surface area (Å²) in [5, 5.41) is 14.4. The number of hydrogen-bond donors (Lipinski definition) is 2. The molecule has 8 heteroatoms. The fraction of sp³-hybridized carbons (Fsp3) is 0.632. The molecule has 3 aliphatic heterocycles. The van der Waals surface area contributed by atoms with Crippen molar-refractivity contribution >= 4 is 5.91 Å². The number of fused-ring (bicyclic) bond motifs is 2. The lowest BCUT2D eigenvalue weighted by Crippen LogP contribution is -2.66. The summed E-state index contributed by atoms with van der Waals surface area (Å²) in [5.74, 6) is -0.192. The summed E-state index contributed by atoms with van der Waals surface area (Å²) in [7, 11) is 0. The highest BCUT2D eigenvalue weighted by molar-refractivity contribution is 5.73. The number of nitrogens with one attached hydrogen (secondary N) is 1. The van der Waals surface area contributed by atoms with Crippen molar-refractivity contribution in [3.63, 3.8) is 0 Å². The Hall–Kier alpha value is -1.58. The van der Waals surface area contributed by atoms with E-state index in [-0.39, 0.29) is 29.9 Å². The minimum atomic E-state index is -0.652. The Morgan fingerprint density at radius 2 is 1.96 bits per heavy atom. The fourth-order valence-electron chi connectivity index (χ4n) is 4.21. The molecular weight excluding hydrogens is 353 g/mol. The first-order chi connectivity index (χ1) is 13.0. The van der Waals surface area contributed by atoms with Gasteiger partial charge in [0.15, 0.2) is 6.29 Å². The second kappa shape index (κ2) is 7.81. The molecule has 3 aliphatic rings. The minimum absolute atomic E-state index is 0.0751. The van der Waals surface area contributed by atoms with E-state index in [1.54, 1.807) is 19.1 Å². The van der Waals surface area contributed by atoms with Gasteiger partial charge in [-0.05, 0) is 17.7 Å². The summed E-state index contributed by atoms with van der Waals surface area (Å²) in [6.45, 7) is 5.17. The zero-order chi connectivity index (χ0) is 19.0. The number of aliphatic hydroxyl groups excluding tert-OH is 1. The second-order valence-electron chi connectivity index (χ2n) is 7.43. The lowest BCUT2D eigenvalue weighted by atomic mass is 9.94. The molecule has 0 aromatic heterocycles. The predicted octanol–water partition coefficient (Wildman–Crippen LogP) is -0.0674. The molecule has 3 heterocycles. The third-order valence-corrected chi connectivity index (χ3v) is 5.77. The Bertz CT molecular complexity index is 665. The highest BCUT2D eigenvalue weighted by atomic mass is 19.1. The van der Waals surface area contributed by atoms with Gasteiger partial charge in [0.05, 0.1) is 24.8 Å². The predicted molar refractivity (Wildman–Crippen MR) is 95.3 cm³/mol. The van der Waals surface area contributed by atoms with Crippen LogP contribution in [0.2, 0.25) is 0 Å². The van der Waals surface area contributed by atoms with Crippen molar-refractivity contribution in [1.29, 1.82) is 0 Å². The number of amides is 1. The van der Waals surface area contributed by atoms with Crippen molar-refractivity contribution in [2.24, 2.45) is 0 Å². The number of rotatable bonds is 4. The Labute approximate surface area is 158 Å². The van der Waals surface area contributed by atoms with Crippen molar-refractivity contribution in [1.82, 2.24) is 15.1 Å². The molecule has 148 valence electrons. The van der Waals surface area contributed by atoms with Gasteiger partial charge in [0.1, 0.15) is 11.9 Å². The van der Waals surface area contributed by atoms with E-state index in [4.69, 9.17) is 9.47 Å². The Balaban J connectivity index is 1.41. The topological polar surface area (TPSA) is 74.3 Å². The first kappa shape index (κ1) is 18.8. The lowest BCUT2D eigenvalue weighted by Gasteiger charge is -2.46. The Morgan fingerprint density at radius 1 is 1.26 bits per heavy atom. The van der Waals surface area contributed by atoms with E-state index >= 15 is 0 Å². The van der Waals surface area contributed by atoms with Crippen LogP contribution in [0.5, 0.6) is 0 Å². The van der Waals surface area contributed by atoms with Crippen LogP contribution in [-0.4, -0.2) is 84.2 Å². The van der Waals surface area contributed by atoms with Crippen molar-refractivity contribution in [3.8, 4) is 0 Å². The molecule has 7 nitrogen and oxygen atoms in total. The fourth-order valence-corrected chi connectivity index (χ4v) is 4.21. The number of carbonyl (C=O) groups excluding carboxylic acids is 1. The number of ether oxygens (including phenoxy) is 2. The van der Waals surface area contributed by atoms with E-state index < -0.39 is 12.4 Å². The molecule has 1 aromatic rings.